The number of carbonyl (C=O) groups is 2. The van der Waals surface area contributed by atoms with Gasteiger partial charge in [0.05, 0.1) is 0 Å². The number of hydrogen-bond donors (Lipinski definition) is 0. The van der Waals surface area contributed by atoms with Crippen molar-refractivity contribution in [3.05, 3.63) is 12.7 Å². The van der Waals surface area contributed by atoms with Gasteiger partial charge in [-0.3, -0.25) is 9.59 Å². The van der Waals surface area contributed by atoms with E-state index in [9.17, 15) is 9.59 Å². The Labute approximate surface area is 109 Å². The molecule has 0 aromatic carbocycles. The van der Waals surface area contributed by atoms with E-state index >= 15 is 0 Å². The van der Waals surface area contributed by atoms with Crippen LogP contribution in [0.25, 0.3) is 0 Å². The first-order chi connectivity index (χ1) is 8.70. The molecule has 0 bridgehead atoms. The molecule has 0 aliphatic carbocycles. The van der Waals surface area contributed by atoms with Crippen LogP contribution in [0.15, 0.2) is 12.7 Å². The van der Waals surface area contributed by atoms with Crippen LogP contribution in [-0.4, -0.2) is 46.8 Å². The zero-order valence-electron chi connectivity index (χ0n) is 11.1. The summed E-state index contributed by atoms with van der Waals surface area (Å²) in [4.78, 5) is 28.5. The van der Waals surface area contributed by atoms with Gasteiger partial charge in [0.15, 0.2) is 0 Å². The van der Waals surface area contributed by atoms with Crippen LogP contribution in [0, 0.1) is 0 Å². The van der Waals surface area contributed by atoms with E-state index in [2.05, 4.69) is 6.58 Å². The third kappa shape index (κ3) is 2.16. The minimum absolute atomic E-state index is 0.142. The third-order valence-corrected chi connectivity index (χ3v) is 3.98. The lowest BCUT2D eigenvalue weighted by Gasteiger charge is -2.46. The molecule has 0 radical (unpaired) electrons. The maximum atomic E-state index is 12.5. The van der Waals surface area contributed by atoms with E-state index < -0.39 is 0 Å². The SMILES string of the molecule is C=CCCN1C(=O)C2CCCCN2C(=O)C1CC. The summed E-state index contributed by atoms with van der Waals surface area (Å²) in [7, 11) is 0. The number of nitrogens with zero attached hydrogens (tertiary/aromatic N) is 2. The highest BCUT2D eigenvalue weighted by Gasteiger charge is 2.45. The molecule has 2 aliphatic heterocycles. The van der Waals surface area contributed by atoms with Crippen molar-refractivity contribution in [1.29, 1.82) is 0 Å². The first kappa shape index (κ1) is 13.1. The Morgan fingerprint density at radius 3 is 2.78 bits per heavy atom. The molecule has 2 aliphatic rings. The predicted molar refractivity (Wildman–Crippen MR) is 70.0 cm³/mol. The summed E-state index contributed by atoms with van der Waals surface area (Å²) in [5, 5.41) is 0. The molecule has 0 spiro atoms. The van der Waals surface area contributed by atoms with Gasteiger partial charge in [0.2, 0.25) is 11.8 Å². The van der Waals surface area contributed by atoms with Gasteiger partial charge in [-0.25, -0.2) is 0 Å². The van der Waals surface area contributed by atoms with Gasteiger partial charge in [-0.15, -0.1) is 6.58 Å². The number of piperidine rings is 1. The lowest BCUT2D eigenvalue weighted by atomic mass is 9.94. The van der Waals surface area contributed by atoms with E-state index in [0.29, 0.717) is 13.0 Å². The molecule has 4 heteroatoms. The Morgan fingerprint density at radius 2 is 2.11 bits per heavy atom. The minimum Gasteiger partial charge on any atom is -0.329 e. The van der Waals surface area contributed by atoms with E-state index in [-0.39, 0.29) is 23.9 Å². The second-order valence-electron chi connectivity index (χ2n) is 5.08. The Hall–Kier alpha value is -1.32. The van der Waals surface area contributed by atoms with E-state index in [4.69, 9.17) is 0 Å². The molecule has 2 fully saturated rings. The molecule has 100 valence electrons. The van der Waals surface area contributed by atoms with Crippen LogP contribution in [-0.2, 0) is 9.59 Å². The third-order valence-electron chi connectivity index (χ3n) is 3.98. The average Bonchev–Trinajstić information content (AvgIpc) is 2.41. The number of carbonyl (C=O) groups excluding carboxylic acids is 2. The fourth-order valence-corrected chi connectivity index (χ4v) is 3.01. The summed E-state index contributed by atoms with van der Waals surface area (Å²) in [6.45, 7) is 7.03. The fraction of sp³-hybridized carbons (Fsp3) is 0.714. The van der Waals surface area contributed by atoms with Crippen molar-refractivity contribution < 1.29 is 9.59 Å². The van der Waals surface area contributed by atoms with Gasteiger partial charge in [0, 0.05) is 13.1 Å². The van der Waals surface area contributed by atoms with Crippen molar-refractivity contribution in [2.24, 2.45) is 0 Å². The predicted octanol–water partition coefficient (Wildman–Crippen LogP) is 1.56. The highest BCUT2D eigenvalue weighted by molar-refractivity contribution is 5.97. The van der Waals surface area contributed by atoms with Crippen LogP contribution in [0.5, 0.6) is 0 Å². The van der Waals surface area contributed by atoms with Crippen LogP contribution >= 0.6 is 0 Å². The number of rotatable bonds is 4. The Balaban J connectivity index is 2.20. The molecule has 0 aromatic rings. The quantitative estimate of drug-likeness (QED) is 0.711. The van der Waals surface area contributed by atoms with Gasteiger partial charge in [-0.05, 0) is 32.1 Å². The number of hydrogen-bond acceptors (Lipinski definition) is 2. The van der Waals surface area contributed by atoms with Crippen LogP contribution in [0.1, 0.15) is 39.0 Å². The standard InChI is InChI=1S/C14H22N2O2/c1-3-5-9-15-11(4-2)13(17)16-10-7-6-8-12(16)14(15)18/h3,11-12H,1,4-10H2,2H3. The van der Waals surface area contributed by atoms with Crippen molar-refractivity contribution in [3.8, 4) is 0 Å². The molecule has 2 atom stereocenters. The summed E-state index contributed by atoms with van der Waals surface area (Å²) >= 11 is 0. The van der Waals surface area contributed by atoms with Crippen LogP contribution < -0.4 is 0 Å². The van der Waals surface area contributed by atoms with Crippen LogP contribution in [0.2, 0.25) is 0 Å². The second-order valence-corrected chi connectivity index (χ2v) is 5.08. The second kappa shape index (κ2) is 5.55. The summed E-state index contributed by atoms with van der Waals surface area (Å²) in [5.41, 5.74) is 0. The largest absolute Gasteiger partial charge is 0.329 e. The van der Waals surface area contributed by atoms with E-state index in [1.54, 1.807) is 11.0 Å². The molecular formula is C14H22N2O2. The molecule has 2 heterocycles. The van der Waals surface area contributed by atoms with Gasteiger partial charge in [-0.1, -0.05) is 13.0 Å². The Kier molecular flexibility index (Phi) is 4.04. The summed E-state index contributed by atoms with van der Waals surface area (Å²) in [5.74, 6) is 0.286. The number of piperazine rings is 1. The van der Waals surface area contributed by atoms with E-state index in [1.165, 1.54) is 0 Å². The maximum Gasteiger partial charge on any atom is 0.246 e. The molecule has 0 saturated carbocycles. The molecule has 2 rings (SSSR count). The Morgan fingerprint density at radius 1 is 1.33 bits per heavy atom. The van der Waals surface area contributed by atoms with Crippen molar-refractivity contribution in [2.45, 2.75) is 51.1 Å². The molecule has 2 unspecified atom stereocenters. The van der Waals surface area contributed by atoms with E-state index in [1.807, 2.05) is 11.8 Å². The van der Waals surface area contributed by atoms with Crippen LogP contribution in [0.3, 0.4) is 0 Å². The topological polar surface area (TPSA) is 40.6 Å². The number of amides is 2. The molecule has 2 amide bonds. The molecule has 18 heavy (non-hydrogen) atoms. The minimum atomic E-state index is -0.258. The molecule has 0 aromatic heterocycles. The van der Waals surface area contributed by atoms with Gasteiger partial charge < -0.3 is 9.80 Å². The monoisotopic (exact) mass is 250 g/mol. The van der Waals surface area contributed by atoms with Crippen molar-refractivity contribution in [1.82, 2.24) is 9.80 Å². The fourth-order valence-electron chi connectivity index (χ4n) is 3.01. The van der Waals surface area contributed by atoms with Crippen molar-refractivity contribution in [2.75, 3.05) is 13.1 Å². The lowest BCUT2D eigenvalue weighted by Crippen LogP contribution is -2.65. The van der Waals surface area contributed by atoms with Crippen LogP contribution in [0.4, 0.5) is 0 Å². The summed E-state index contributed by atoms with van der Waals surface area (Å²) in [6, 6.07) is -0.453. The van der Waals surface area contributed by atoms with Crippen molar-refractivity contribution >= 4 is 11.8 Å². The van der Waals surface area contributed by atoms with E-state index in [0.717, 1.165) is 32.2 Å². The molecule has 4 nitrogen and oxygen atoms in total. The van der Waals surface area contributed by atoms with Gasteiger partial charge in [0.25, 0.3) is 0 Å². The molecule has 2 saturated heterocycles. The van der Waals surface area contributed by atoms with Gasteiger partial charge >= 0.3 is 0 Å². The lowest BCUT2D eigenvalue weighted by molar-refractivity contribution is -0.163. The zero-order valence-corrected chi connectivity index (χ0v) is 11.1. The highest BCUT2D eigenvalue weighted by atomic mass is 16.2. The average molecular weight is 250 g/mol. The normalized spacial score (nSPS) is 28.3. The number of fused-ring (bicyclic) bond motifs is 1. The molecular weight excluding hydrogens is 228 g/mol. The summed E-state index contributed by atoms with van der Waals surface area (Å²) in [6.07, 6.45) is 6.15. The highest BCUT2D eigenvalue weighted by Crippen LogP contribution is 2.27. The summed E-state index contributed by atoms with van der Waals surface area (Å²) < 4.78 is 0. The van der Waals surface area contributed by atoms with Gasteiger partial charge in [0.1, 0.15) is 12.1 Å². The molecule has 0 N–H and O–H groups in total. The maximum absolute atomic E-state index is 12.5. The van der Waals surface area contributed by atoms with Crippen molar-refractivity contribution in [3.63, 3.8) is 0 Å². The smallest absolute Gasteiger partial charge is 0.246 e. The zero-order chi connectivity index (χ0) is 13.1. The first-order valence-electron chi connectivity index (χ1n) is 6.92. The van der Waals surface area contributed by atoms with Gasteiger partial charge in [-0.2, -0.15) is 0 Å². The Bertz CT molecular complexity index is 354. The first-order valence-corrected chi connectivity index (χ1v) is 6.92.